The molecule has 3 aromatic rings. The van der Waals surface area contributed by atoms with Crippen molar-refractivity contribution in [1.29, 1.82) is 0 Å². The summed E-state index contributed by atoms with van der Waals surface area (Å²) < 4.78 is 6.47. The predicted octanol–water partition coefficient (Wildman–Crippen LogP) is 4.05. The van der Waals surface area contributed by atoms with Gasteiger partial charge in [0, 0.05) is 23.2 Å². The van der Waals surface area contributed by atoms with Gasteiger partial charge in [0.05, 0.1) is 18.9 Å². The highest BCUT2D eigenvalue weighted by Crippen LogP contribution is 2.19. The van der Waals surface area contributed by atoms with Crippen molar-refractivity contribution >= 4 is 45.2 Å². The van der Waals surface area contributed by atoms with E-state index in [-0.39, 0.29) is 0 Å². The fourth-order valence-corrected chi connectivity index (χ4v) is 3.18. The second kappa shape index (κ2) is 9.64. The van der Waals surface area contributed by atoms with E-state index in [4.69, 9.17) is 4.74 Å². The van der Waals surface area contributed by atoms with Crippen LogP contribution in [0.1, 0.15) is 12.5 Å². The van der Waals surface area contributed by atoms with Crippen LogP contribution in [-0.4, -0.2) is 47.0 Å². The van der Waals surface area contributed by atoms with Crippen LogP contribution in [0, 0.1) is 0 Å². The second-order valence-corrected chi connectivity index (χ2v) is 7.60. The molecule has 9 heteroatoms. The Morgan fingerprint density at radius 2 is 1.67 bits per heavy atom. The lowest BCUT2D eigenvalue weighted by Gasteiger charge is -2.27. The molecule has 0 aliphatic carbocycles. The number of benzene rings is 2. The molecular formula is C21H22BrN7O. The third kappa shape index (κ3) is 5.31. The lowest BCUT2D eigenvalue weighted by Crippen LogP contribution is -2.37. The number of nitrogens with zero attached hydrogens (tertiary/aromatic N) is 5. The Morgan fingerprint density at radius 3 is 2.40 bits per heavy atom. The molecule has 0 saturated carbocycles. The van der Waals surface area contributed by atoms with Gasteiger partial charge in [-0.2, -0.15) is 20.1 Å². The molecule has 2 aromatic carbocycles. The van der Waals surface area contributed by atoms with Gasteiger partial charge >= 0.3 is 0 Å². The fourth-order valence-electron chi connectivity index (χ4n) is 2.92. The Labute approximate surface area is 183 Å². The van der Waals surface area contributed by atoms with E-state index < -0.39 is 0 Å². The number of ether oxygens (including phenoxy) is 1. The summed E-state index contributed by atoms with van der Waals surface area (Å²) in [6.07, 6.45) is 0. The summed E-state index contributed by atoms with van der Waals surface area (Å²) >= 11 is 3.45. The Hall–Kier alpha value is -3.04. The van der Waals surface area contributed by atoms with Gasteiger partial charge in [0.2, 0.25) is 17.8 Å². The van der Waals surface area contributed by atoms with Crippen LogP contribution in [0.25, 0.3) is 0 Å². The van der Waals surface area contributed by atoms with E-state index in [2.05, 4.69) is 51.6 Å². The highest BCUT2D eigenvalue weighted by molar-refractivity contribution is 9.10. The molecule has 1 aromatic heterocycles. The van der Waals surface area contributed by atoms with E-state index in [1.54, 1.807) is 0 Å². The first-order valence-corrected chi connectivity index (χ1v) is 10.4. The SMILES string of the molecule is C/C(=N\Nc1nc(Nc2ccccc2)nc(N2CCOCC2)n1)c1ccc(Br)cc1. The molecule has 0 atom stereocenters. The van der Waals surface area contributed by atoms with Crippen molar-refractivity contribution in [1.82, 2.24) is 15.0 Å². The van der Waals surface area contributed by atoms with Gasteiger partial charge in [-0.05, 0) is 36.8 Å². The number of hydrazone groups is 1. The quantitative estimate of drug-likeness (QED) is 0.417. The molecule has 2 N–H and O–H groups in total. The van der Waals surface area contributed by atoms with Gasteiger partial charge in [-0.1, -0.05) is 46.3 Å². The number of anilines is 4. The summed E-state index contributed by atoms with van der Waals surface area (Å²) in [5.41, 5.74) is 5.72. The van der Waals surface area contributed by atoms with Crippen LogP contribution in [0.4, 0.5) is 23.5 Å². The molecule has 154 valence electrons. The molecule has 1 fully saturated rings. The number of halogens is 1. The van der Waals surface area contributed by atoms with E-state index in [1.165, 1.54) is 0 Å². The van der Waals surface area contributed by atoms with Gasteiger partial charge in [-0.25, -0.2) is 5.43 Å². The Bertz CT molecular complexity index is 1010. The average Bonchev–Trinajstić information content (AvgIpc) is 2.79. The van der Waals surface area contributed by atoms with Crippen molar-refractivity contribution in [2.24, 2.45) is 5.10 Å². The normalized spacial score (nSPS) is 14.5. The molecule has 0 spiro atoms. The molecule has 0 radical (unpaired) electrons. The third-order valence-electron chi connectivity index (χ3n) is 4.53. The zero-order valence-electron chi connectivity index (χ0n) is 16.5. The summed E-state index contributed by atoms with van der Waals surface area (Å²) in [5, 5.41) is 7.69. The van der Waals surface area contributed by atoms with Crippen molar-refractivity contribution < 1.29 is 4.74 Å². The Kier molecular flexibility index (Phi) is 6.50. The number of para-hydroxylation sites is 1. The van der Waals surface area contributed by atoms with Crippen molar-refractivity contribution in [3.05, 3.63) is 64.6 Å². The van der Waals surface area contributed by atoms with Crippen LogP contribution in [0.5, 0.6) is 0 Å². The number of morpholine rings is 1. The highest BCUT2D eigenvalue weighted by atomic mass is 79.9. The summed E-state index contributed by atoms with van der Waals surface area (Å²) in [6.45, 7) is 4.70. The monoisotopic (exact) mass is 467 g/mol. The number of nitrogens with one attached hydrogen (secondary N) is 2. The number of rotatable bonds is 6. The van der Waals surface area contributed by atoms with Crippen LogP contribution in [0.3, 0.4) is 0 Å². The first kappa shape index (κ1) is 20.2. The van der Waals surface area contributed by atoms with E-state index >= 15 is 0 Å². The van der Waals surface area contributed by atoms with Crippen molar-refractivity contribution in [3.8, 4) is 0 Å². The van der Waals surface area contributed by atoms with Crippen molar-refractivity contribution in [2.45, 2.75) is 6.92 Å². The van der Waals surface area contributed by atoms with Crippen LogP contribution in [0.15, 0.2) is 64.2 Å². The van der Waals surface area contributed by atoms with Gasteiger partial charge in [0.1, 0.15) is 0 Å². The van der Waals surface area contributed by atoms with Crippen LogP contribution < -0.4 is 15.6 Å². The topological polar surface area (TPSA) is 87.6 Å². The maximum atomic E-state index is 5.44. The predicted molar refractivity (Wildman–Crippen MR) is 123 cm³/mol. The molecule has 0 bridgehead atoms. The van der Waals surface area contributed by atoms with E-state index in [9.17, 15) is 0 Å². The summed E-state index contributed by atoms with van der Waals surface area (Å²) in [6, 6.07) is 17.8. The van der Waals surface area contributed by atoms with Crippen LogP contribution >= 0.6 is 15.9 Å². The standard InChI is InChI=1S/C21H22BrN7O/c1-15(16-7-9-17(22)10-8-16)27-28-20-24-19(23-18-5-3-2-4-6-18)25-21(26-20)29-11-13-30-14-12-29/h2-10H,11-14H2,1H3,(H2,23,24,25,26,28)/b27-15+. The van der Waals surface area contributed by atoms with Gasteiger partial charge in [-0.15, -0.1) is 0 Å². The van der Waals surface area contributed by atoms with E-state index in [0.717, 1.165) is 34.5 Å². The lowest BCUT2D eigenvalue weighted by atomic mass is 10.1. The van der Waals surface area contributed by atoms with E-state index in [0.29, 0.717) is 31.1 Å². The zero-order valence-corrected chi connectivity index (χ0v) is 18.1. The smallest absolute Gasteiger partial charge is 0.250 e. The minimum absolute atomic E-state index is 0.376. The summed E-state index contributed by atoms with van der Waals surface area (Å²) in [4.78, 5) is 15.7. The molecule has 2 heterocycles. The maximum Gasteiger partial charge on any atom is 0.250 e. The molecule has 1 aliphatic heterocycles. The first-order valence-electron chi connectivity index (χ1n) is 9.64. The maximum absolute atomic E-state index is 5.44. The van der Waals surface area contributed by atoms with Crippen LogP contribution in [0.2, 0.25) is 0 Å². The molecule has 0 amide bonds. The Balaban J connectivity index is 1.59. The van der Waals surface area contributed by atoms with E-state index in [1.807, 2.05) is 61.5 Å². The number of aromatic nitrogens is 3. The molecule has 8 nitrogen and oxygen atoms in total. The van der Waals surface area contributed by atoms with Gasteiger partial charge in [0.15, 0.2) is 0 Å². The summed E-state index contributed by atoms with van der Waals surface area (Å²) in [5.74, 6) is 1.42. The second-order valence-electron chi connectivity index (χ2n) is 6.69. The molecule has 30 heavy (non-hydrogen) atoms. The minimum atomic E-state index is 0.376. The first-order chi connectivity index (χ1) is 14.7. The largest absolute Gasteiger partial charge is 0.378 e. The molecule has 4 rings (SSSR count). The zero-order chi connectivity index (χ0) is 20.8. The lowest BCUT2D eigenvalue weighted by molar-refractivity contribution is 0.122. The fraction of sp³-hybridized carbons (Fsp3) is 0.238. The molecule has 1 aliphatic rings. The van der Waals surface area contributed by atoms with Gasteiger partial charge in [0.25, 0.3) is 0 Å². The van der Waals surface area contributed by atoms with Crippen molar-refractivity contribution in [2.75, 3.05) is 41.9 Å². The Morgan fingerprint density at radius 1 is 0.967 bits per heavy atom. The molecule has 0 unspecified atom stereocenters. The average molecular weight is 468 g/mol. The minimum Gasteiger partial charge on any atom is -0.378 e. The number of hydrogen-bond donors (Lipinski definition) is 2. The van der Waals surface area contributed by atoms with Crippen molar-refractivity contribution in [3.63, 3.8) is 0 Å². The molecule has 1 saturated heterocycles. The highest BCUT2D eigenvalue weighted by Gasteiger charge is 2.16. The number of hydrogen-bond acceptors (Lipinski definition) is 8. The van der Waals surface area contributed by atoms with Crippen LogP contribution in [-0.2, 0) is 4.74 Å². The third-order valence-corrected chi connectivity index (χ3v) is 5.06. The molecular weight excluding hydrogens is 446 g/mol. The summed E-state index contributed by atoms with van der Waals surface area (Å²) in [7, 11) is 0. The van der Waals surface area contributed by atoms with Gasteiger partial charge < -0.3 is 15.0 Å². The van der Waals surface area contributed by atoms with Gasteiger partial charge in [-0.3, -0.25) is 0 Å².